The number of hydrogen-bond donors (Lipinski definition) is 0. The predicted octanol–water partition coefficient (Wildman–Crippen LogP) is 4.22. The van der Waals surface area contributed by atoms with Crippen LogP contribution in [0.1, 0.15) is 15.9 Å². The number of nitrogens with zero attached hydrogens (tertiary/aromatic N) is 1. The number of Topliss-reactive ketones (excluding diaryl/α,β-unsaturated/α-hetero) is 1. The molecule has 0 fully saturated rings. The highest BCUT2D eigenvalue weighted by molar-refractivity contribution is 6.52. The molecule has 1 aliphatic heterocycles. The molecule has 0 bridgehead atoms. The molecule has 3 nitrogen and oxygen atoms in total. The highest BCUT2D eigenvalue weighted by Gasteiger charge is 2.35. The van der Waals surface area contributed by atoms with Gasteiger partial charge < -0.3 is 4.90 Å². The van der Waals surface area contributed by atoms with Gasteiger partial charge in [-0.2, -0.15) is 0 Å². The second-order valence-electron chi connectivity index (χ2n) is 5.52. The van der Waals surface area contributed by atoms with Gasteiger partial charge in [-0.05, 0) is 34.5 Å². The van der Waals surface area contributed by atoms with Crippen LogP contribution in [-0.2, 0) is 11.3 Å². The second-order valence-corrected chi connectivity index (χ2v) is 5.96. The number of fused-ring (bicyclic) bond motifs is 2. The molecule has 3 aromatic rings. The van der Waals surface area contributed by atoms with E-state index < -0.39 is 11.7 Å². The minimum absolute atomic E-state index is 0.362. The molecule has 0 aromatic heterocycles. The SMILES string of the molecule is O=C1C(=O)N(Cc2cccc3ccccc23)c2ccc(Cl)cc21. The van der Waals surface area contributed by atoms with Crippen molar-refractivity contribution in [2.24, 2.45) is 0 Å². The lowest BCUT2D eigenvalue weighted by Crippen LogP contribution is -2.29. The molecular formula is C19H12ClNO2. The number of anilines is 1. The maximum absolute atomic E-state index is 12.3. The van der Waals surface area contributed by atoms with Crippen LogP contribution in [0.2, 0.25) is 5.02 Å². The van der Waals surface area contributed by atoms with E-state index in [1.807, 2.05) is 42.5 Å². The smallest absolute Gasteiger partial charge is 0.299 e. The minimum atomic E-state index is -0.504. The number of amides is 1. The number of halogens is 1. The molecule has 4 rings (SSSR count). The summed E-state index contributed by atoms with van der Waals surface area (Å²) >= 11 is 5.94. The monoisotopic (exact) mass is 321 g/mol. The molecule has 1 amide bonds. The first-order valence-electron chi connectivity index (χ1n) is 7.27. The number of ketones is 1. The highest BCUT2D eigenvalue weighted by atomic mass is 35.5. The van der Waals surface area contributed by atoms with Crippen molar-refractivity contribution in [1.82, 2.24) is 0 Å². The third-order valence-corrected chi connectivity index (χ3v) is 4.38. The van der Waals surface area contributed by atoms with Gasteiger partial charge >= 0.3 is 0 Å². The van der Waals surface area contributed by atoms with Crippen LogP contribution in [0, 0.1) is 0 Å². The summed E-state index contributed by atoms with van der Waals surface area (Å²) in [5, 5.41) is 2.65. The summed E-state index contributed by atoms with van der Waals surface area (Å²) < 4.78 is 0. The van der Waals surface area contributed by atoms with Crippen molar-refractivity contribution in [3.8, 4) is 0 Å². The molecule has 0 saturated carbocycles. The molecule has 0 spiro atoms. The standard InChI is InChI=1S/C19H12ClNO2/c20-14-8-9-17-16(10-14)18(22)19(23)21(17)11-13-6-3-5-12-4-1-2-7-15(12)13/h1-10H,11H2. The molecule has 1 aliphatic rings. The quantitative estimate of drug-likeness (QED) is 0.663. The van der Waals surface area contributed by atoms with Gasteiger partial charge in [-0.15, -0.1) is 0 Å². The van der Waals surface area contributed by atoms with Crippen molar-refractivity contribution in [3.63, 3.8) is 0 Å². The van der Waals surface area contributed by atoms with Gasteiger partial charge in [0, 0.05) is 5.02 Å². The Kier molecular flexibility index (Phi) is 3.17. The number of carbonyl (C=O) groups excluding carboxylic acids is 2. The Balaban J connectivity index is 1.80. The van der Waals surface area contributed by atoms with Crippen LogP contribution in [0.3, 0.4) is 0 Å². The zero-order valence-corrected chi connectivity index (χ0v) is 12.9. The Bertz CT molecular complexity index is 959. The average Bonchev–Trinajstić information content (AvgIpc) is 2.80. The van der Waals surface area contributed by atoms with Gasteiger partial charge in [-0.3, -0.25) is 9.59 Å². The molecule has 3 aromatic carbocycles. The lowest BCUT2D eigenvalue weighted by molar-refractivity contribution is -0.114. The van der Waals surface area contributed by atoms with E-state index in [2.05, 4.69) is 0 Å². The first-order chi connectivity index (χ1) is 11.1. The van der Waals surface area contributed by atoms with Crippen molar-refractivity contribution < 1.29 is 9.59 Å². The summed E-state index contributed by atoms with van der Waals surface area (Å²) in [5.74, 6) is -1.00. The van der Waals surface area contributed by atoms with Crippen LogP contribution in [-0.4, -0.2) is 11.7 Å². The summed E-state index contributed by atoms with van der Waals surface area (Å²) in [6.07, 6.45) is 0. The fourth-order valence-corrected chi connectivity index (χ4v) is 3.20. The minimum Gasteiger partial charge on any atom is -0.300 e. The molecule has 0 aliphatic carbocycles. The van der Waals surface area contributed by atoms with Crippen LogP contribution in [0.4, 0.5) is 5.69 Å². The van der Waals surface area contributed by atoms with E-state index in [0.29, 0.717) is 22.8 Å². The molecule has 112 valence electrons. The zero-order valence-electron chi connectivity index (χ0n) is 12.1. The van der Waals surface area contributed by atoms with Crippen molar-refractivity contribution in [1.29, 1.82) is 0 Å². The van der Waals surface area contributed by atoms with Crippen molar-refractivity contribution in [2.75, 3.05) is 4.90 Å². The van der Waals surface area contributed by atoms with E-state index in [-0.39, 0.29) is 0 Å². The second kappa shape index (κ2) is 5.21. The third kappa shape index (κ3) is 2.21. The highest BCUT2D eigenvalue weighted by Crippen LogP contribution is 2.33. The van der Waals surface area contributed by atoms with Crippen molar-refractivity contribution >= 4 is 39.8 Å². The first kappa shape index (κ1) is 14.0. The number of hydrogen-bond acceptors (Lipinski definition) is 2. The van der Waals surface area contributed by atoms with Gasteiger partial charge in [-0.25, -0.2) is 0 Å². The molecule has 0 saturated heterocycles. The molecule has 4 heteroatoms. The Hall–Kier alpha value is -2.65. The van der Waals surface area contributed by atoms with E-state index in [4.69, 9.17) is 11.6 Å². The predicted molar refractivity (Wildman–Crippen MR) is 90.9 cm³/mol. The van der Waals surface area contributed by atoms with Gasteiger partial charge in [0.25, 0.3) is 11.7 Å². The van der Waals surface area contributed by atoms with Crippen molar-refractivity contribution in [3.05, 3.63) is 76.8 Å². The molecule has 0 radical (unpaired) electrons. The molecule has 0 N–H and O–H groups in total. The summed E-state index contributed by atoms with van der Waals surface area (Å²) in [6.45, 7) is 0.362. The molecule has 23 heavy (non-hydrogen) atoms. The average molecular weight is 322 g/mol. The van der Waals surface area contributed by atoms with Crippen LogP contribution < -0.4 is 4.90 Å². The van der Waals surface area contributed by atoms with Gasteiger partial charge in [0.05, 0.1) is 17.8 Å². The van der Waals surface area contributed by atoms with Gasteiger partial charge in [-0.1, -0.05) is 54.1 Å². The Morgan fingerprint density at radius 1 is 0.913 bits per heavy atom. The van der Waals surface area contributed by atoms with E-state index in [9.17, 15) is 9.59 Å². The summed E-state index contributed by atoms with van der Waals surface area (Å²) in [5.41, 5.74) is 2.01. The van der Waals surface area contributed by atoms with Crippen LogP contribution in [0.25, 0.3) is 10.8 Å². The molecule has 0 unspecified atom stereocenters. The Labute approximate surface area is 138 Å². The Morgan fingerprint density at radius 3 is 2.57 bits per heavy atom. The largest absolute Gasteiger partial charge is 0.300 e. The van der Waals surface area contributed by atoms with Gasteiger partial charge in [0.2, 0.25) is 0 Å². The molecule has 1 heterocycles. The summed E-state index contributed by atoms with van der Waals surface area (Å²) in [7, 11) is 0. The summed E-state index contributed by atoms with van der Waals surface area (Å²) in [6, 6.07) is 19.0. The van der Waals surface area contributed by atoms with Crippen LogP contribution in [0.15, 0.2) is 60.7 Å². The van der Waals surface area contributed by atoms with Crippen LogP contribution in [0.5, 0.6) is 0 Å². The molecule has 0 atom stereocenters. The van der Waals surface area contributed by atoms with E-state index in [1.165, 1.54) is 4.90 Å². The van der Waals surface area contributed by atoms with Crippen molar-refractivity contribution in [2.45, 2.75) is 6.54 Å². The Morgan fingerprint density at radius 2 is 1.70 bits per heavy atom. The topological polar surface area (TPSA) is 37.4 Å². The maximum Gasteiger partial charge on any atom is 0.299 e. The number of rotatable bonds is 2. The normalized spacial score (nSPS) is 13.7. The van der Waals surface area contributed by atoms with E-state index in [1.54, 1.807) is 18.2 Å². The number of benzene rings is 3. The maximum atomic E-state index is 12.3. The van der Waals surface area contributed by atoms with E-state index in [0.717, 1.165) is 16.3 Å². The number of carbonyl (C=O) groups is 2. The lowest BCUT2D eigenvalue weighted by Gasteiger charge is -2.18. The lowest BCUT2D eigenvalue weighted by atomic mass is 10.0. The third-order valence-electron chi connectivity index (χ3n) is 4.14. The first-order valence-corrected chi connectivity index (χ1v) is 7.65. The van der Waals surface area contributed by atoms with Crippen LogP contribution >= 0.6 is 11.6 Å². The zero-order chi connectivity index (χ0) is 16.0. The van der Waals surface area contributed by atoms with Gasteiger partial charge in [0.15, 0.2) is 0 Å². The fourth-order valence-electron chi connectivity index (χ4n) is 3.03. The summed E-state index contributed by atoms with van der Waals surface area (Å²) in [4.78, 5) is 26.0. The van der Waals surface area contributed by atoms with Gasteiger partial charge in [0.1, 0.15) is 0 Å². The fraction of sp³-hybridized carbons (Fsp3) is 0.0526. The molecular weight excluding hydrogens is 310 g/mol. The van der Waals surface area contributed by atoms with E-state index >= 15 is 0 Å².